The quantitative estimate of drug-likeness (QED) is 0.752. The number of nitrogens with zero attached hydrogens (tertiary/aromatic N) is 1. The third-order valence-electron chi connectivity index (χ3n) is 2.34. The second kappa shape index (κ2) is 6.27. The molecule has 1 unspecified atom stereocenters. The normalized spacial score (nSPS) is 12.2. The number of pyridine rings is 1. The van der Waals surface area contributed by atoms with Gasteiger partial charge in [-0.15, -0.1) is 0 Å². The summed E-state index contributed by atoms with van der Waals surface area (Å²) >= 11 is 0. The lowest BCUT2D eigenvalue weighted by Gasteiger charge is -2.13. The Morgan fingerprint density at radius 3 is 2.67 bits per heavy atom. The molecule has 2 N–H and O–H groups in total. The van der Waals surface area contributed by atoms with Gasteiger partial charge < -0.3 is 10.6 Å². The number of anilines is 2. The molecule has 0 saturated heterocycles. The maximum Gasteiger partial charge on any atom is 0.0549 e. The maximum absolute atomic E-state index is 4.20. The predicted molar refractivity (Wildman–Crippen MR) is 66.4 cm³/mol. The standard InChI is InChI=1S/C12H21N3/c1-4-6-14-11-7-12(9-13-8-11)15-10(3)5-2/h7-10,14-15H,4-6H2,1-3H3. The molecule has 0 bridgehead atoms. The Labute approximate surface area is 92.3 Å². The zero-order chi connectivity index (χ0) is 11.1. The first-order valence-corrected chi connectivity index (χ1v) is 5.71. The van der Waals surface area contributed by atoms with Crippen LogP contribution in [0.5, 0.6) is 0 Å². The summed E-state index contributed by atoms with van der Waals surface area (Å²) in [5, 5.41) is 6.73. The maximum atomic E-state index is 4.20. The Morgan fingerprint density at radius 1 is 1.27 bits per heavy atom. The van der Waals surface area contributed by atoms with E-state index in [1.54, 1.807) is 0 Å². The van der Waals surface area contributed by atoms with Gasteiger partial charge in [0.25, 0.3) is 0 Å². The molecule has 0 saturated carbocycles. The Bertz CT molecular complexity index is 286. The van der Waals surface area contributed by atoms with Crippen molar-refractivity contribution in [3.8, 4) is 0 Å². The minimum atomic E-state index is 0.494. The van der Waals surface area contributed by atoms with Gasteiger partial charge >= 0.3 is 0 Å². The molecule has 0 amide bonds. The Balaban J connectivity index is 2.57. The van der Waals surface area contributed by atoms with Crippen molar-refractivity contribution in [1.29, 1.82) is 0 Å². The highest BCUT2D eigenvalue weighted by Crippen LogP contribution is 2.14. The molecule has 0 aliphatic rings. The van der Waals surface area contributed by atoms with Crippen LogP contribution in [0.1, 0.15) is 33.6 Å². The molecule has 0 radical (unpaired) electrons. The zero-order valence-corrected chi connectivity index (χ0v) is 9.88. The van der Waals surface area contributed by atoms with E-state index in [1.807, 2.05) is 12.4 Å². The van der Waals surface area contributed by atoms with Crippen LogP contribution in [0.25, 0.3) is 0 Å². The Morgan fingerprint density at radius 2 is 2.00 bits per heavy atom. The van der Waals surface area contributed by atoms with Crippen molar-refractivity contribution in [2.24, 2.45) is 0 Å². The molecule has 0 aliphatic carbocycles. The van der Waals surface area contributed by atoms with Crippen LogP contribution in [0.3, 0.4) is 0 Å². The first-order chi connectivity index (χ1) is 7.26. The van der Waals surface area contributed by atoms with Crippen molar-refractivity contribution in [3.63, 3.8) is 0 Å². The van der Waals surface area contributed by atoms with Gasteiger partial charge in [0.2, 0.25) is 0 Å². The number of aromatic nitrogens is 1. The minimum Gasteiger partial charge on any atom is -0.384 e. The lowest BCUT2D eigenvalue weighted by atomic mass is 10.2. The Kier molecular flexibility index (Phi) is 4.95. The van der Waals surface area contributed by atoms with Gasteiger partial charge in [-0.1, -0.05) is 13.8 Å². The summed E-state index contributed by atoms with van der Waals surface area (Å²) in [6.07, 6.45) is 5.97. The molecule has 1 aromatic rings. The lowest BCUT2D eigenvalue weighted by Crippen LogP contribution is -2.13. The molecule has 84 valence electrons. The minimum absolute atomic E-state index is 0.494. The molecular formula is C12H21N3. The third-order valence-corrected chi connectivity index (χ3v) is 2.34. The van der Waals surface area contributed by atoms with Gasteiger partial charge in [-0.25, -0.2) is 0 Å². The van der Waals surface area contributed by atoms with Crippen LogP contribution in [0.15, 0.2) is 18.5 Å². The van der Waals surface area contributed by atoms with E-state index < -0.39 is 0 Å². The molecule has 1 aromatic heterocycles. The number of rotatable bonds is 6. The molecule has 1 atom stereocenters. The van der Waals surface area contributed by atoms with Crippen molar-refractivity contribution < 1.29 is 0 Å². The van der Waals surface area contributed by atoms with Crippen LogP contribution in [-0.2, 0) is 0 Å². The highest BCUT2D eigenvalue weighted by Gasteiger charge is 1.99. The number of hydrogen-bond donors (Lipinski definition) is 2. The zero-order valence-electron chi connectivity index (χ0n) is 9.88. The van der Waals surface area contributed by atoms with Gasteiger partial charge in [0.05, 0.1) is 23.8 Å². The van der Waals surface area contributed by atoms with Gasteiger partial charge in [-0.3, -0.25) is 4.98 Å². The summed E-state index contributed by atoms with van der Waals surface area (Å²) in [7, 11) is 0. The number of hydrogen-bond acceptors (Lipinski definition) is 3. The van der Waals surface area contributed by atoms with E-state index in [0.717, 1.165) is 30.8 Å². The molecule has 0 spiro atoms. The van der Waals surface area contributed by atoms with Crippen LogP contribution in [0.2, 0.25) is 0 Å². The first kappa shape index (κ1) is 11.8. The SMILES string of the molecule is CCCNc1cncc(NC(C)CC)c1. The van der Waals surface area contributed by atoms with Crippen molar-refractivity contribution >= 4 is 11.4 Å². The van der Waals surface area contributed by atoms with Gasteiger partial charge in [0.1, 0.15) is 0 Å². The van der Waals surface area contributed by atoms with Crippen LogP contribution >= 0.6 is 0 Å². The predicted octanol–water partition coefficient (Wildman–Crippen LogP) is 3.11. The van der Waals surface area contributed by atoms with Crippen molar-refractivity contribution in [2.45, 2.75) is 39.7 Å². The van der Waals surface area contributed by atoms with E-state index in [-0.39, 0.29) is 0 Å². The molecule has 1 heterocycles. The van der Waals surface area contributed by atoms with Gasteiger partial charge in [0.15, 0.2) is 0 Å². The van der Waals surface area contributed by atoms with Crippen molar-refractivity contribution in [2.75, 3.05) is 17.2 Å². The van der Waals surface area contributed by atoms with Gasteiger partial charge in [-0.05, 0) is 25.8 Å². The third kappa shape index (κ3) is 4.19. The van der Waals surface area contributed by atoms with Crippen LogP contribution in [0.4, 0.5) is 11.4 Å². The summed E-state index contributed by atoms with van der Waals surface area (Å²) in [6, 6.07) is 2.60. The monoisotopic (exact) mass is 207 g/mol. The fourth-order valence-corrected chi connectivity index (χ4v) is 1.27. The highest BCUT2D eigenvalue weighted by molar-refractivity contribution is 5.54. The fourth-order valence-electron chi connectivity index (χ4n) is 1.27. The summed E-state index contributed by atoms with van der Waals surface area (Å²) in [5.41, 5.74) is 2.18. The van der Waals surface area contributed by atoms with E-state index in [1.165, 1.54) is 0 Å². The number of nitrogens with one attached hydrogen (secondary N) is 2. The highest BCUT2D eigenvalue weighted by atomic mass is 14.9. The molecule has 1 rings (SSSR count). The van der Waals surface area contributed by atoms with Gasteiger partial charge in [0, 0.05) is 12.6 Å². The summed E-state index contributed by atoms with van der Waals surface area (Å²) in [6.45, 7) is 7.49. The molecule has 0 aromatic carbocycles. The van der Waals surface area contributed by atoms with Crippen molar-refractivity contribution in [1.82, 2.24) is 4.98 Å². The van der Waals surface area contributed by atoms with Gasteiger partial charge in [-0.2, -0.15) is 0 Å². The van der Waals surface area contributed by atoms with E-state index in [4.69, 9.17) is 0 Å². The van der Waals surface area contributed by atoms with Crippen LogP contribution in [0, 0.1) is 0 Å². The average molecular weight is 207 g/mol. The molecule has 3 nitrogen and oxygen atoms in total. The van der Waals surface area contributed by atoms with Crippen LogP contribution < -0.4 is 10.6 Å². The van der Waals surface area contributed by atoms with Crippen molar-refractivity contribution in [3.05, 3.63) is 18.5 Å². The summed E-state index contributed by atoms with van der Waals surface area (Å²) in [5.74, 6) is 0. The Hall–Kier alpha value is -1.25. The summed E-state index contributed by atoms with van der Waals surface area (Å²) in [4.78, 5) is 4.20. The molecule has 3 heteroatoms. The molecular weight excluding hydrogens is 186 g/mol. The van der Waals surface area contributed by atoms with E-state index in [0.29, 0.717) is 6.04 Å². The lowest BCUT2D eigenvalue weighted by molar-refractivity contribution is 0.763. The van der Waals surface area contributed by atoms with E-state index in [2.05, 4.69) is 42.5 Å². The van der Waals surface area contributed by atoms with E-state index >= 15 is 0 Å². The molecule has 0 fully saturated rings. The fraction of sp³-hybridized carbons (Fsp3) is 0.583. The molecule has 15 heavy (non-hydrogen) atoms. The second-order valence-electron chi connectivity index (χ2n) is 3.84. The second-order valence-corrected chi connectivity index (χ2v) is 3.84. The summed E-state index contributed by atoms with van der Waals surface area (Å²) < 4.78 is 0. The largest absolute Gasteiger partial charge is 0.384 e. The van der Waals surface area contributed by atoms with E-state index in [9.17, 15) is 0 Å². The molecule has 0 aliphatic heterocycles. The average Bonchev–Trinajstić information content (AvgIpc) is 2.26. The van der Waals surface area contributed by atoms with Crippen LogP contribution in [-0.4, -0.2) is 17.6 Å². The smallest absolute Gasteiger partial charge is 0.0549 e. The first-order valence-electron chi connectivity index (χ1n) is 5.71. The topological polar surface area (TPSA) is 37.0 Å².